The maximum Gasteiger partial charge on any atom is 0.472 e. The Labute approximate surface area is 209 Å². The number of quaternary nitrogens is 1. The summed E-state index contributed by atoms with van der Waals surface area (Å²) in [5.74, 6) is -0.0209. The molecule has 0 spiro atoms. The molecule has 204 valence electrons. The first-order chi connectivity index (χ1) is 16.1. The molecule has 0 aromatic rings. The standard InChI is InChI=1S/C25H53N2O6P/c1-6-8-9-10-11-12-13-14-15-16-17-18-25(28)26-22-24(31-20-7-2)23-33-34(29,30)32-21-19-27(3,4)5/h24H,6-23H2,1-5H3,(H-,26,28,29,30)/p+1. The number of hydrogen-bond donors (Lipinski definition) is 2. The third-order valence-electron chi connectivity index (χ3n) is 5.53. The van der Waals surface area contributed by atoms with E-state index in [0.717, 1.165) is 19.3 Å². The Balaban J connectivity index is 4.00. The number of unbranched alkanes of at least 4 members (excludes halogenated alkanes) is 10. The van der Waals surface area contributed by atoms with Crippen LogP contribution in [0.15, 0.2) is 0 Å². The minimum absolute atomic E-state index is 0.0209. The number of hydrogen-bond acceptors (Lipinski definition) is 5. The zero-order valence-electron chi connectivity index (χ0n) is 22.7. The second-order valence-electron chi connectivity index (χ2n) is 10.2. The van der Waals surface area contributed by atoms with E-state index in [1.165, 1.54) is 57.8 Å². The van der Waals surface area contributed by atoms with Crippen LogP contribution in [-0.2, 0) is 23.1 Å². The van der Waals surface area contributed by atoms with Gasteiger partial charge in [0.25, 0.3) is 0 Å². The Morgan fingerprint density at radius 2 is 1.41 bits per heavy atom. The van der Waals surface area contributed by atoms with Crippen molar-refractivity contribution in [2.75, 3.05) is 54.1 Å². The molecule has 0 aromatic carbocycles. The summed E-state index contributed by atoms with van der Waals surface area (Å²) < 4.78 is 28.6. The molecule has 0 saturated carbocycles. The summed E-state index contributed by atoms with van der Waals surface area (Å²) in [6.45, 7) is 5.54. The highest BCUT2D eigenvalue weighted by molar-refractivity contribution is 7.47. The molecule has 34 heavy (non-hydrogen) atoms. The molecule has 8 nitrogen and oxygen atoms in total. The van der Waals surface area contributed by atoms with Gasteiger partial charge in [-0.2, -0.15) is 0 Å². The van der Waals surface area contributed by atoms with Crippen molar-refractivity contribution in [3.63, 3.8) is 0 Å². The summed E-state index contributed by atoms with van der Waals surface area (Å²) in [4.78, 5) is 22.1. The van der Waals surface area contributed by atoms with Gasteiger partial charge in [0.1, 0.15) is 13.2 Å². The number of ether oxygens (including phenoxy) is 1. The smallest absolute Gasteiger partial charge is 0.374 e. The largest absolute Gasteiger partial charge is 0.472 e. The third-order valence-corrected chi connectivity index (χ3v) is 6.52. The fourth-order valence-electron chi connectivity index (χ4n) is 3.36. The van der Waals surface area contributed by atoms with Crippen LogP contribution in [0.5, 0.6) is 0 Å². The van der Waals surface area contributed by atoms with Crippen LogP contribution in [0.1, 0.15) is 97.3 Å². The van der Waals surface area contributed by atoms with Gasteiger partial charge >= 0.3 is 7.82 Å². The van der Waals surface area contributed by atoms with Crippen molar-refractivity contribution in [2.45, 2.75) is 103 Å². The zero-order chi connectivity index (χ0) is 25.7. The Morgan fingerprint density at radius 3 is 1.94 bits per heavy atom. The van der Waals surface area contributed by atoms with Crippen molar-refractivity contribution in [3.05, 3.63) is 0 Å². The van der Waals surface area contributed by atoms with Gasteiger partial charge in [-0.3, -0.25) is 13.8 Å². The summed E-state index contributed by atoms with van der Waals surface area (Å²) in [5, 5.41) is 2.87. The van der Waals surface area contributed by atoms with Gasteiger partial charge in [-0.1, -0.05) is 78.1 Å². The molecule has 0 aliphatic rings. The molecule has 2 atom stereocenters. The second-order valence-corrected chi connectivity index (χ2v) is 11.6. The SMILES string of the molecule is CCCCCCCCCCCCCC(=O)NCC(COP(=O)(O)OCC[N+](C)(C)C)OCCC. The lowest BCUT2D eigenvalue weighted by Crippen LogP contribution is -2.37. The quantitative estimate of drug-likeness (QED) is 0.102. The first-order valence-corrected chi connectivity index (χ1v) is 14.9. The van der Waals surface area contributed by atoms with Crippen molar-refractivity contribution in [1.29, 1.82) is 0 Å². The number of carbonyl (C=O) groups excluding carboxylic acids is 1. The maximum atomic E-state index is 12.2. The first-order valence-electron chi connectivity index (χ1n) is 13.4. The monoisotopic (exact) mass is 509 g/mol. The highest BCUT2D eigenvalue weighted by Gasteiger charge is 2.25. The topological polar surface area (TPSA) is 94.1 Å². The molecule has 0 aromatic heterocycles. The van der Waals surface area contributed by atoms with Crippen molar-refractivity contribution in [2.24, 2.45) is 0 Å². The van der Waals surface area contributed by atoms with E-state index >= 15 is 0 Å². The fourth-order valence-corrected chi connectivity index (χ4v) is 4.10. The molecule has 0 aliphatic heterocycles. The number of amides is 1. The van der Waals surface area contributed by atoms with Crippen LogP contribution < -0.4 is 5.32 Å². The summed E-state index contributed by atoms with van der Waals surface area (Å²) in [6, 6.07) is 0. The minimum Gasteiger partial charge on any atom is -0.374 e. The summed E-state index contributed by atoms with van der Waals surface area (Å²) in [6.07, 6.45) is 14.5. The lowest BCUT2D eigenvalue weighted by atomic mass is 10.1. The average molecular weight is 510 g/mol. The Kier molecular flexibility index (Phi) is 20.4. The van der Waals surface area contributed by atoms with E-state index in [1.54, 1.807) is 0 Å². The lowest BCUT2D eigenvalue weighted by molar-refractivity contribution is -0.870. The molecule has 2 unspecified atom stereocenters. The second kappa shape index (κ2) is 20.7. The van der Waals surface area contributed by atoms with Crippen molar-refractivity contribution in [3.8, 4) is 0 Å². The Hall–Kier alpha value is -0.500. The van der Waals surface area contributed by atoms with E-state index < -0.39 is 13.9 Å². The molecule has 2 N–H and O–H groups in total. The van der Waals surface area contributed by atoms with E-state index in [4.69, 9.17) is 13.8 Å². The Morgan fingerprint density at radius 1 is 0.853 bits per heavy atom. The molecule has 0 heterocycles. The number of likely N-dealkylation sites (N-methyl/N-ethyl adjacent to an activating group) is 1. The maximum absolute atomic E-state index is 12.2. The van der Waals surface area contributed by atoms with E-state index in [-0.39, 0.29) is 25.7 Å². The minimum atomic E-state index is -4.16. The van der Waals surface area contributed by atoms with Crippen LogP contribution in [-0.4, -0.2) is 75.4 Å². The molecule has 0 aliphatic carbocycles. The number of phosphoric acid groups is 1. The summed E-state index contributed by atoms with van der Waals surface area (Å²) in [5.41, 5.74) is 0. The highest BCUT2D eigenvalue weighted by atomic mass is 31.2. The van der Waals surface area contributed by atoms with Crippen molar-refractivity contribution < 1.29 is 32.5 Å². The average Bonchev–Trinajstić information content (AvgIpc) is 2.75. The van der Waals surface area contributed by atoms with Gasteiger partial charge in [0.15, 0.2) is 0 Å². The van der Waals surface area contributed by atoms with Gasteiger partial charge in [-0.05, 0) is 12.8 Å². The molecule has 0 fully saturated rings. The van der Waals surface area contributed by atoms with Crippen molar-refractivity contribution in [1.82, 2.24) is 5.32 Å². The number of carbonyl (C=O) groups is 1. The molecule has 9 heteroatoms. The summed E-state index contributed by atoms with van der Waals surface area (Å²) in [7, 11) is 1.76. The zero-order valence-corrected chi connectivity index (χ0v) is 23.6. The molecule has 0 bridgehead atoms. The molecule has 0 saturated heterocycles. The van der Waals surface area contributed by atoms with E-state index in [2.05, 4.69) is 12.2 Å². The van der Waals surface area contributed by atoms with Gasteiger partial charge in [0.05, 0.1) is 33.9 Å². The molecule has 0 radical (unpaired) electrons. The van der Waals surface area contributed by atoms with Gasteiger partial charge in [-0.15, -0.1) is 0 Å². The predicted octanol–water partition coefficient (Wildman–Crippen LogP) is 5.44. The van der Waals surface area contributed by atoms with Crippen molar-refractivity contribution >= 4 is 13.7 Å². The van der Waals surface area contributed by atoms with Gasteiger partial charge in [-0.25, -0.2) is 4.57 Å². The number of nitrogens with zero attached hydrogens (tertiary/aromatic N) is 1. The van der Waals surface area contributed by atoms with Gasteiger partial charge in [0.2, 0.25) is 5.91 Å². The van der Waals surface area contributed by atoms with Crippen LogP contribution >= 0.6 is 7.82 Å². The summed E-state index contributed by atoms with van der Waals surface area (Å²) >= 11 is 0. The van der Waals surface area contributed by atoms with E-state index in [1.807, 2.05) is 28.1 Å². The first kappa shape index (κ1) is 33.5. The van der Waals surface area contributed by atoms with Crippen LogP contribution in [0.2, 0.25) is 0 Å². The molecule has 1 amide bonds. The predicted molar refractivity (Wildman–Crippen MR) is 139 cm³/mol. The van der Waals surface area contributed by atoms with Gasteiger partial charge < -0.3 is 19.4 Å². The molecular weight excluding hydrogens is 455 g/mol. The van der Waals surface area contributed by atoms with Crippen LogP contribution in [0.3, 0.4) is 0 Å². The number of phosphoric ester groups is 1. The van der Waals surface area contributed by atoms with E-state index in [9.17, 15) is 14.3 Å². The third kappa shape index (κ3) is 23.3. The fraction of sp³-hybridized carbons (Fsp3) is 0.960. The normalized spacial score (nSPS) is 14.6. The Bertz CT molecular complexity index is 542. The van der Waals surface area contributed by atoms with Crippen LogP contribution in [0.25, 0.3) is 0 Å². The lowest BCUT2D eigenvalue weighted by Gasteiger charge is -2.24. The molecular formula is C25H54N2O6P+. The van der Waals surface area contributed by atoms with Gasteiger partial charge in [0, 0.05) is 19.6 Å². The van der Waals surface area contributed by atoms with Crippen LogP contribution in [0.4, 0.5) is 0 Å². The van der Waals surface area contributed by atoms with Crippen LogP contribution in [0, 0.1) is 0 Å². The van der Waals surface area contributed by atoms with E-state index in [0.29, 0.717) is 24.1 Å². The number of rotatable bonds is 24. The number of nitrogens with one attached hydrogen (secondary N) is 1. The highest BCUT2D eigenvalue weighted by Crippen LogP contribution is 2.43. The molecule has 0 rings (SSSR count).